The first-order valence-corrected chi connectivity index (χ1v) is 12.6. The van der Waals surface area contributed by atoms with Gasteiger partial charge in [0.1, 0.15) is 7.11 Å². The smallest absolute Gasteiger partial charge is 0.163 e. The second kappa shape index (κ2) is 9.09. The summed E-state index contributed by atoms with van der Waals surface area (Å²) in [6, 6.07) is 8.15. The highest BCUT2D eigenvalue weighted by atomic mass is 16.6. The van der Waals surface area contributed by atoms with Crippen molar-refractivity contribution in [1.29, 1.82) is 0 Å². The van der Waals surface area contributed by atoms with Crippen molar-refractivity contribution in [2.75, 3.05) is 27.9 Å². The Balaban J connectivity index is 1.45. The van der Waals surface area contributed by atoms with Crippen LogP contribution in [0.5, 0.6) is 0 Å². The van der Waals surface area contributed by atoms with E-state index in [0.717, 1.165) is 49.7 Å². The lowest BCUT2D eigenvalue weighted by Gasteiger charge is -2.53. The summed E-state index contributed by atoms with van der Waals surface area (Å²) in [5.74, 6) is 1.37. The SMILES string of the molecule is COC[C@]1(OC)CC[C@H]2[C@@H]3CCC4=CC(=O)C(c5ccc(C=NOC)cc5)CC4=C3CC[C@@]21C. The number of rotatable bonds is 6. The van der Waals surface area contributed by atoms with Gasteiger partial charge in [0.25, 0.3) is 0 Å². The molecule has 0 amide bonds. The summed E-state index contributed by atoms with van der Waals surface area (Å²) in [5.41, 5.74) is 6.42. The predicted octanol–water partition coefficient (Wildman–Crippen LogP) is 5.60. The van der Waals surface area contributed by atoms with Gasteiger partial charge in [-0.1, -0.05) is 41.9 Å². The molecule has 0 N–H and O–H groups in total. The van der Waals surface area contributed by atoms with Crippen LogP contribution < -0.4 is 0 Å². The molecule has 4 aliphatic rings. The van der Waals surface area contributed by atoms with Gasteiger partial charge in [0.05, 0.1) is 24.3 Å². The van der Waals surface area contributed by atoms with Gasteiger partial charge >= 0.3 is 0 Å². The number of ether oxygens (including phenoxy) is 2. The molecule has 5 nitrogen and oxygen atoms in total. The van der Waals surface area contributed by atoms with Crippen LogP contribution in [0.15, 0.2) is 52.2 Å². The van der Waals surface area contributed by atoms with Crippen LogP contribution in [0.2, 0.25) is 0 Å². The fraction of sp³-hybridized carbons (Fsp3) is 0.586. The molecular weight excluding hydrogens is 426 g/mol. The van der Waals surface area contributed by atoms with Crippen LogP contribution in [0.1, 0.15) is 68.9 Å². The highest BCUT2D eigenvalue weighted by molar-refractivity contribution is 5.98. The van der Waals surface area contributed by atoms with Crippen LogP contribution >= 0.6 is 0 Å². The first kappa shape index (κ1) is 23.5. The molecule has 1 aromatic carbocycles. The van der Waals surface area contributed by atoms with E-state index >= 15 is 0 Å². The van der Waals surface area contributed by atoms with E-state index in [9.17, 15) is 4.79 Å². The third-order valence-corrected chi connectivity index (χ3v) is 9.55. The van der Waals surface area contributed by atoms with Gasteiger partial charge in [-0.3, -0.25) is 4.79 Å². The fourth-order valence-corrected chi connectivity index (χ4v) is 7.70. The van der Waals surface area contributed by atoms with Gasteiger partial charge in [-0.05, 0) is 85.1 Å². The van der Waals surface area contributed by atoms with Crippen molar-refractivity contribution in [2.45, 2.75) is 63.4 Å². The lowest BCUT2D eigenvalue weighted by molar-refractivity contribution is -0.147. The standard InChI is InChI=1S/C29H37NO4/c1-28-13-11-22-23(26(28)12-14-29(28,33-3)18-32-2)10-9-21-15-27(31)25(16-24(21)22)20-7-5-19(6-8-20)17-30-34-4/h5-8,15,17,23,25-26H,9-14,16,18H2,1-4H3/t23-,25?,26+,28+,29-/m1/s1. The van der Waals surface area contributed by atoms with Crippen LogP contribution in [0.4, 0.5) is 0 Å². The Kier molecular flexibility index (Phi) is 6.28. The Labute approximate surface area is 203 Å². The molecule has 1 unspecified atom stereocenters. The number of nitrogens with zero attached hydrogens (tertiary/aromatic N) is 1. The van der Waals surface area contributed by atoms with Crippen molar-refractivity contribution in [1.82, 2.24) is 0 Å². The number of allylic oxidation sites excluding steroid dienone is 4. The predicted molar refractivity (Wildman–Crippen MR) is 133 cm³/mol. The molecule has 0 radical (unpaired) electrons. The molecular formula is C29H37NO4. The van der Waals surface area contributed by atoms with Gasteiger partial charge in [0.2, 0.25) is 0 Å². The topological polar surface area (TPSA) is 57.1 Å². The number of hydrogen-bond acceptors (Lipinski definition) is 5. The number of oxime groups is 1. The van der Waals surface area contributed by atoms with E-state index in [1.165, 1.54) is 24.7 Å². The Bertz CT molecular complexity index is 1040. The molecule has 182 valence electrons. The molecule has 0 heterocycles. The largest absolute Gasteiger partial charge is 0.399 e. The molecule has 1 aromatic rings. The summed E-state index contributed by atoms with van der Waals surface area (Å²) >= 11 is 0. The summed E-state index contributed by atoms with van der Waals surface area (Å²) in [6.07, 6.45) is 11.1. The van der Waals surface area contributed by atoms with Gasteiger partial charge in [-0.25, -0.2) is 0 Å². The Morgan fingerprint density at radius 3 is 2.59 bits per heavy atom. The molecule has 5 rings (SSSR count). The zero-order chi connectivity index (χ0) is 23.9. The molecule has 5 heteroatoms. The second-order valence-corrected chi connectivity index (χ2v) is 10.8. The quantitative estimate of drug-likeness (QED) is 0.407. The average molecular weight is 464 g/mol. The minimum absolute atomic E-state index is 0.0955. The summed E-state index contributed by atoms with van der Waals surface area (Å²) in [5, 5.41) is 3.83. The number of ketones is 1. The van der Waals surface area contributed by atoms with E-state index in [2.05, 4.69) is 24.2 Å². The van der Waals surface area contributed by atoms with E-state index in [-0.39, 0.29) is 22.7 Å². The van der Waals surface area contributed by atoms with E-state index < -0.39 is 0 Å². The van der Waals surface area contributed by atoms with E-state index in [1.807, 2.05) is 25.3 Å². The van der Waals surface area contributed by atoms with Crippen molar-refractivity contribution in [3.05, 3.63) is 58.2 Å². The molecule has 34 heavy (non-hydrogen) atoms. The minimum Gasteiger partial charge on any atom is -0.399 e. The van der Waals surface area contributed by atoms with Crippen molar-refractivity contribution in [3.63, 3.8) is 0 Å². The van der Waals surface area contributed by atoms with Crippen LogP contribution in [0.3, 0.4) is 0 Å². The average Bonchev–Trinajstić information content (AvgIpc) is 3.15. The summed E-state index contributed by atoms with van der Waals surface area (Å²) in [7, 11) is 5.20. The van der Waals surface area contributed by atoms with Gasteiger partial charge < -0.3 is 14.3 Å². The fourth-order valence-electron chi connectivity index (χ4n) is 7.70. The maximum atomic E-state index is 13.1. The molecule has 4 aliphatic carbocycles. The van der Waals surface area contributed by atoms with Crippen molar-refractivity contribution in [3.8, 4) is 0 Å². The summed E-state index contributed by atoms with van der Waals surface area (Å²) < 4.78 is 11.9. The lowest BCUT2D eigenvalue weighted by Crippen LogP contribution is -2.53. The monoisotopic (exact) mass is 463 g/mol. The van der Waals surface area contributed by atoms with Gasteiger partial charge in [-0.15, -0.1) is 0 Å². The Morgan fingerprint density at radius 2 is 1.88 bits per heavy atom. The number of carbonyl (C=O) groups is 1. The van der Waals surface area contributed by atoms with Crippen LogP contribution in [-0.2, 0) is 19.1 Å². The summed E-state index contributed by atoms with van der Waals surface area (Å²) in [4.78, 5) is 17.9. The molecule has 2 saturated carbocycles. The van der Waals surface area contributed by atoms with Gasteiger partial charge in [0.15, 0.2) is 5.78 Å². The van der Waals surface area contributed by atoms with Crippen LogP contribution in [0, 0.1) is 17.3 Å². The lowest BCUT2D eigenvalue weighted by atomic mass is 9.54. The third kappa shape index (κ3) is 3.59. The second-order valence-electron chi connectivity index (χ2n) is 10.8. The number of methoxy groups -OCH3 is 2. The molecule has 0 saturated heterocycles. The number of benzene rings is 1. The van der Waals surface area contributed by atoms with E-state index in [0.29, 0.717) is 18.4 Å². The first-order chi connectivity index (χ1) is 16.5. The van der Waals surface area contributed by atoms with Crippen LogP contribution in [-0.4, -0.2) is 45.5 Å². The molecule has 0 bridgehead atoms. The maximum Gasteiger partial charge on any atom is 0.163 e. The van der Waals surface area contributed by atoms with Crippen molar-refractivity contribution in [2.24, 2.45) is 22.4 Å². The number of hydrogen-bond donors (Lipinski definition) is 0. The first-order valence-electron chi connectivity index (χ1n) is 12.6. The van der Waals surface area contributed by atoms with Crippen molar-refractivity contribution < 1.29 is 19.1 Å². The molecule has 5 atom stereocenters. The Hall–Kier alpha value is -2.24. The zero-order valence-corrected chi connectivity index (χ0v) is 20.9. The van der Waals surface area contributed by atoms with E-state index in [1.54, 1.807) is 18.9 Å². The summed E-state index contributed by atoms with van der Waals surface area (Å²) in [6.45, 7) is 3.11. The third-order valence-electron chi connectivity index (χ3n) is 9.55. The maximum absolute atomic E-state index is 13.1. The Morgan fingerprint density at radius 1 is 1.09 bits per heavy atom. The van der Waals surface area contributed by atoms with Crippen LogP contribution in [0.25, 0.3) is 0 Å². The van der Waals surface area contributed by atoms with Crippen molar-refractivity contribution >= 4 is 12.0 Å². The minimum atomic E-state index is -0.183. The molecule has 0 aliphatic heterocycles. The highest BCUT2D eigenvalue weighted by Gasteiger charge is 2.61. The number of carbonyl (C=O) groups excluding carboxylic acids is 1. The molecule has 0 aromatic heterocycles. The van der Waals surface area contributed by atoms with E-state index in [4.69, 9.17) is 14.3 Å². The molecule has 0 spiro atoms. The number of fused-ring (bicyclic) bond motifs is 4. The van der Waals surface area contributed by atoms with Gasteiger partial charge in [0, 0.05) is 19.6 Å². The van der Waals surface area contributed by atoms with Gasteiger partial charge in [-0.2, -0.15) is 0 Å². The highest BCUT2D eigenvalue weighted by Crippen LogP contribution is 2.64. The molecule has 2 fully saturated rings. The zero-order valence-electron chi connectivity index (χ0n) is 20.9. The normalized spacial score (nSPS) is 35.1.